The highest BCUT2D eigenvalue weighted by molar-refractivity contribution is 7.13. The topological polar surface area (TPSA) is 84.4 Å². The second-order valence-corrected chi connectivity index (χ2v) is 6.86. The minimum absolute atomic E-state index is 0.00638. The highest BCUT2D eigenvalue weighted by Gasteiger charge is 2.31. The number of thiophene rings is 1. The number of hydrogen-bond donors (Lipinski definition) is 1. The number of aromatic nitrogens is 2. The number of amides is 1. The Hall–Kier alpha value is -2.45. The van der Waals surface area contributed by atoms with E-state index in [-0.39, 0.29) is 11.9 Å². The van der Waals surface area contributed by atoms with Crippen LogP contribution in [-0.4, -0.2) is 33.5 Å². The van der Waals surface area contributed by atoms with Gasteiger partial charge in [-0.1, -0.05) is 11.2 Å². The van der Waals surface area contributed by atoms with Gasteiger partial charge in [0.2, 0.25) is 17.6 Å². The molecule has 0 aliphatic carbocycles. The Balaban J connectivity index is 1.37. The van der Waals surface area contributed by atoms with E-state index in [1.807, 2.05) is 29.6 Å². The molecule has 1 fully saturated rings. The first-order valence-corrected chi connectivity index (χ1v) is 9.08. The fourth-order valence-electron chi connectivity index (χ4n) is 3.02. The van der Waals surface area contributed by atoms with Crippen molar-refractivity contribution in [3.8, 4) is 10.7 Å². The lowest BCUT2D eigenvalue weighted by atomic mass is 10.2. The molecule has 7 nitrogen and oxygen atoms in total. The van der Waals surface area contributed by atoms with Gasteiger partial charge in [-0.05, 0) is 43.0 Å². The molecule has 0 spiro atoms. The van der Waals surface area contributed by atoms with Crippen molar-refractivity contribution in [3.63, 3.8) is 0 Å². The molecule has 130 valence electrons. The molecule has 1 atom stereocenters. The van der Waals surface area contributed by atoms with Gasteiger partial charge in [0.05, 0.1) is 30.3 Å². The molecule has 1 aliphatic heterocycles. The molecule has 3 aromatic heterocycles. The number of carbonyl (C=O) groups is 1. The van der Waals surface area contributed by atoms with Gasteiger partial charge in [0.25, 0.3) is 0 Å². The molecule has 0 aromatic carbocycles. The average Bonchev–Trinajstić information content (AvgIpc) is 3.39. The van der Waals surface area contributed by atoms with Gasteiger partial charge in [-0.25, -0.2) is 0 Å². The maximum atomic E-state index is 12.5. The molecule has 1 amide bonds. The lowest BCUT2D eigenvalue weighted by molar-refractivity contribution is -0.126. The highest BCUT2D eigenvalue weighted by atomic mass is 32.1. The molecule has 25 heavy (non-hydrogen) atoms. The van der Waals surface area contributed by atoms with Crippen molar-refractivity contribution in [3.05, 3.63) is 47.6 Å². The van der Waals surface area contributed by atoms with Crippen LogP contribution >= 0.6 is 11.3 Å². The van der Waals surface area contributed by atoms with Crippen molar-refractivity contribution in [1.82, 2.24) is 20.4 Å². The first-order valence-electron chi connectivity index (χ1n) is 8.20. The standard InChI is InChI=1S/C17H18N4O3S/c22-17(18-10-12-4-2-8-23-12)13-5-1-7-21(13)11-15-19-16(20-24-15)14-6-3-9-25-14/h2-4,6,8-9,13H,1,5,7,10-11H2,(H,18,22). The van der Waals surface area contributed by atoms with Gasteiger partial charge in [-0.15, -0.1) is 11.3 Å². The third-order valence-electron chi connectivity index (χ3n) is 4.23. The van der Waals surface area contributed by atoms with Crippen LogP contribution in [0.2, 0.25) is 0 Å². The molecule has 8 heteroatoms. The predicted octanol–water partition coefficient (Wildman–Crippen LogP) is 2.67. The quantitative estimate of drug-likeness (QED) is 0.729. The summed E-state index contributed by atoms with van der Waals surface area (Å²) in [5.74, 6) is 1.89. The molecule has 0 saturated carbocycles. The van der Waals surface area contributed by atoms with E-state index >= 15 is 0 Å². The Morgan fingerprint density at radius 2 is 2.36 bits per heavy atom. The summed E-state index contributed by atoms with van der Waals surface area (Å²) in [7, 11) is 0. The number of carbonyl (C=O) groups excluding carboxylic acids is 1. The van der Waals surface area contributed by atoms with E-state index in [9.17, 15) is 4.79 Å². The van der Waals surface area contributed by atoms with Crippen LogP contribution in [0.25, 0.3) is 10.7 Å². The Morgan fingerprint density at radius 1 is 1.40 bits per heavy atom. The molecular weight excluding hydrogens is 340 g/mol. The van der Waals surface area contributed by atoms with Crippen molar-refractivity contribution in [2.24, 2.45) is 0 Å². The fraction of sp³-hybridized carbons (Fsp3) is 0.353. The van der Waals surface area contributed by atoms with Gasteiger partial charge < -0.3 is 14.3 Å². The summed E-state index contributed by atoms with van der Waals surface area (Å²) in [6, 6.07) is 7.39. The summed E-state index contributed by atoms with van der Waals surface area (Å²) in [6.07, 6.45) is 3.41. The minimum atomic E-state index is -0.174. The number of rotatable bonds is 6. The number of likely N-dealkylation sites (tertiary alicyclic amines) is 1. The fourth-order valence-corrected chi connectivity index (χ4v) is 3.67. The Kier molecular flexibility index (Phi) is 4.62. The van der Waals surface area contributed by atoms with Crippen molar-refractivity contribution in [2.75, 3.05) is 6.54 Å². The smallest absolute Gasteiger partial charge is 0.241 e. The zero-order chi connectivity index (χ0) is 17.1. The van der Waals surface area contributed by atoms with E-state index in [1.165, 1.54) is 0 Å². The van der Waals surface area contributed by atoms with E-state index in [0.717, 1.165) is 30.0 Å². The Morgan fingerprint density at radius 3 is 3.16 bits per heavy atom. The van der Waals surface area contributed by atoms with Crippen molar-refractivity contribution >= 4 is 17.2 Å². The third kappa shape index (κ3) is 3.64. The molecule has 1 N–H and O–H groups in total. The monoisotopic (exact) mass is 358 g/mol. The van der Waals surface area contributed by atoms with Crippen molar-refractivity contribution < 1.29 is 13.7 Å². The van der Waals surface area contributed by atoms with Gasteiger partial charge in [0, 0.05) is 0 Å². The Labute approximate surface area is 148 Å². The summed E-state index contributed by atoms with van der Waals surface area (Å²) in [5, 5.41) is 8.93. The average molecular weight is 358 g/mol. The van der Waals surface area contributed by atoms with Crippen molar-refractivity contribution in [1.29, 1.82) is 0 Å². The maximum Gasteiger partial charge on any atom is 0.241 e. The van der Waals surface area contributed by atoms with Crippen molar-refractivity contribution in [2.45, 2.75) is 32.0 Å². The van der Waals surface area contributed by atoms with E-state index in [2.05, 4.69) is 20.4 Å². The zero-order valence-corrected chi connectivity index (χ0v) is 14.4. The minimum Gasteiger partial charge on any atom is -0.467 e. The largest absolute Gasteiger partial charge is 0.467 e. The van der Waals surface area contributed by atoms with Crippen LogP contribution in [0.3, 0.4) is 0 Å². The predicted molar refractivity (Wildman–Crippen MR) is 91.6 cm³/mol. The molecular formula is C17H18N4O3S. The third-order valence-corrected chi connectivity index (χ3v) is 5.10. The van der Waals surface area contributed by atoms with E-state index in [4.69, 9.17) is 8.94 Å². The summed E-state index contributed by atoms with van der Waals surface area (Å²) in [4.78, 5) is 20.0. The van der Waals surface area contributed by atoms with E-state index < -0.39 is 0 Å². The first-order chi connectivity index (χ1) is 12.3. The SMILES string of the molecule is O=C(NCc1ccco1)C1CCCN1Cc1nc(-c2cccs2)no1. The Bertz CT molecular complexity index is 813. The summed E-state index contributed by atoms with van der Waals surface area (Å²) in [6.45, 7) is 1.73. The molecule has 4 heterocycles. The molecule has 1 aliphatic rings. The molecule has 0 bridgehead atoms. The van der Waals surface area contributed by atoms with Gasteiger partial charge in [-0.3, -0.25) is 9.69 Å². The van der Waals surface area contributed by atoms with Crippen LogP contribution < -0.4 is 5.32 Å². The van der Waals surface area contributed by atoms with Gasteiger partial charge in [-0.2, -0.15) is 4.98 Å². The highest BCUT2D eigenvalue weighted by Crippen LogP contribution is 2.24. The number of furan rings is 1. The maximum absolute atomic E-state index is 12.5. The molecule has 3 aromatic rings. The van der Waals surface area contributed by atoms with Crippen LogP contribution in [0.15, 0.2) is 44.8 Å². The first kappa shape index (κ1) is 16.0. The number of hydrogen-bond acceptors (Lipinski definition) is 7. The van der Waals surface area contributed by atoms with E-state index in [0.29, 0.717) is 24.8 Å². The molecule has 0 radical (unpaired) electrons. The van der Waals surface area contributed by atoms with Gasteiger partial charge in [0.15, 0.2) is 0 Å². The van der Waals surface area contributed by atoms with Gasteiger partial charge >= 0.3 is 0 Å². The van der Waals surface area contributed by atoms with Gasteiger partial charge in [0.1, 0.15) is 5.76 Å². The van der Waals surface area contributed by atoms with Crippen LogP contribution in [0.1, 0.15) is 24.5 Å². The zero-order valence-electron chi connectivity index (χ0n) is 13.6. The molecule has 1 unspecified atom stereocenters. The number of nitrogens with one attached hydrogen (secondary N) is 1. The lowest BCUT2D eigenvalue weighted by Crippen LogP contribution is -2.42. The number of nitrogens with zero attached hydrogens (tertiary/aromatic N) is 3. The van der Waals surface area contributed by atoms with E-state index in [1.54, 1.807) is 17.6 Å². The van der Waals surface area contributed by atoms with Crippen LogP contribution in [0.4, 0.5) is 0 Å². The second kappa shape index (κ2) is 7.20. The summed E-state index contributed by atoms with van der Waals surface area (Å²) < 4.78 is 10.6. The normalized spacial score (nSPS) is 17.8. The molecule has 4 rings (SSSR count). The molecule has 1 saturated heterocycles. The van der Waals surface area contributed by atoms with Crippen LogP contribution in [-0.2, 0) is 17.9 Å². The van der Waals surface area contributed by atoms with Crippen LogP contribution in [0, 0.1) is 0 Å². The summed E-state index contributed by atoms with van der Waals surface area (Å²) in [5.41, 5.74) is 0. The van der Waals surface area contributed by atoms with Crippen LogP contribution in [0.5, 0.6) is 0 Å². The lowest BCUT2D eigenvalue weighted by Gasteiger charge is -2.21. The second-order valence-electron chi connectivity index (χ2n) is 5.91. The summed E-state index contributed by atoms with van der Waals surface area (Å²) >= 11 is 1.57.